The molecular formula is C10H13NO2. The second-order valence-corrected chi connectivity index (χ2v) is 3.73. The van der Waals surface area contributed by atoms with Gasteiger partial charge in [-0.05, 0) is 31.3 Å². The van der Waals surface area contributed by atoms with Gasteiger partial charge in [0.05, 0.1) is 0 Å². The van der Waals surface area contributed by atoms with Crippen LogP contribution in [0.4, 0.5) is 0 Å². The van der Waals surface area contributed by atoms with E-state index in [0.29, 0.717) is 6.42 Å². The summed E-state index contributed by atoms with van der Waals surface area (Å²) in [5.74, 6) is -0.899. The molecule has 1 atom stereocenters. The molecule has 0 fully saturated rings. The summed E-state index contributed by atoms with van der Waals surface area (Å²) in [5.41, 5.74) is 6.84. The minimum absolute atomic E-state index is 0.553. The van der Waals surface area contributed by atoms with Gasteiger partial charge < -0.3 is 10.8 Å². The number of aliphatic carboxylic acids is 1. The fraction of sp³-hybridized carbons (Fsp3) is 0.500. The van der Waals surface area contributed by atoms with E-state index in [0.717, 1.165) is 24.8 Å². The van der Waals surface area contributed by atoms with Crippen LogP contribution in [0.25, 0.3) is 0 Å². The summed E-state index contributed by atoms with van der Waals surface area (Å²) in [4.78, 5) is 11.0. The summed E-state index contributed by atoms with van der Waals surface area (Å²) in [7, 11) is 0. The van der Waals surface area contributed by atoms with Crippen LogP contribution in [0.3, 0.4) is 0 Å². The van der Waals surface area contributed by atoms with Gasteiger partial charge in [0.2, 0.25) is 0 Å². The maximum Gasteiger partial charge on any atom is 0.328 e. The number of hydrogen-bond donors (Lipinski definition) is 2. The molecule has 0 heterocycles. The van der Waals surface area contributed by atoms with Gasteiger partial charge in [0.25, 0.3) is 0 Å². The first kappa shape index (κ1) is 8.51. The molecular weight excluding hydrogens is 166 g/mol. The maximum absolute atomic E-state index is 11.0. The molecule has 70 valence electrons. The number of hydrogen-bond acceptors (Lipinski definition) is 2. The Kier molecular flexibility index (Phi) is 1.77. The molecule has 2 rings (SSSR count). The third-order valence-corrected chi connectivity index (χ3v) is 2.96. The average Bonchev–Trinajstić information content (AvgIpc) is 2.47. The van der Waals surface area contributed by atoms with E-state index >= 15 is 0 Å². The van der Waals surface area contributed by atoms with Gasteiger partial charge >= 0.3 is 5.97 Å². The van der Waals surface area contributed by atoms with Crippen LogP contribution in [0.5, 0.6) is 0 Å². The van der Waals surface area contributed by atoms with Gasteiger partial charge in [-0.25, -0.2) is 4.79 Å². The standard InChI is InChI=1S/C10H13NO2/c11-10(9(12)13)6-5-7-3-1-2-4-8(7)10/h2,4H,1,3,5-6,11H2,(H,12,13). The molecule has 0 aromatic heterocycles. The van der Waals surface area contributed by atoms with Crippen molar-refractivity contribution in [1.29, 1.82) is 0 Å². The monoisotopic (exact) mass is 179 g/mol. The summed E-state index contributed by atoms with van der Waals surface area (Å²) < 4.78 is 0. The van der Waals surface area contributed by atoms with E-state index in [1.807, 2.05) is 12.2 Å². The molecule has 3 nitrogen and oxygen atoms in total. The van der Waals surface area contributed by atoms with E-state index in [4.69, 9.17) is 10.8 Å². The molecule has 1 unspecified atom stereocenters. The van der Waals surface area contributed by atoms with Crippen molar-refractivity contribution in [3.63, 3.8) is 0 Å². The molecule has 13 heavy (non-hydrogen) atoms. The number of carboxylic acid groups (broad SMARTS) is 1. The average molecular weight is 179 g/mol. The van der Waals surface area contributed by atoms with E-state index in [1.165, 1.54) is 5.57 Å². The first-order valence-corrected chi connectivity index (χ1v) is 4.56. The number of carbonyl (C=O) groups is 1. The molecule has 3 N–H and O–H groups in total. The van der Waals surface area contributed by atoms with Crippen molar-refractivity contribution in [3.05, 3.63) is 23.3 Å². The zero-order valence-corrected chi connectivity index (χ0v) is 7.42. The van der Waals surface area contributed by atoms with Crippen molar-refractivity contribution in [2.24, 2.45) is 5.73 Å². The van der Waals surface area contributed by atoms with E-state index in [1.54, 1.807) is 0 Å². The summed E-state index contributed by atoms with van der Waals surface area (Å²) in [6.07, 6.45) is 7.31. The summed E-state index contributed by atoms with van der Waals surface area (Å²) >= 11 is 0. The summed E-state index contributed by atoms with van der Waals surface area (Å²) in [5, 5.41) is 9.02. The predicted molar refractivity (Wildman–Crippen MR) is 49.2 cm³/mol. The molecule has 0 bridgehead atoms. The molecule has 0 aliphatic heterocycles. The quantitative estimate of drug-likeness (QED) is 0.636. The first-order valence-electron chi connectivity index (χ1n) is 4.56. The highest BCUT2D eigenvalue weighted by Gasteiger charge is 2.42. The molecule has 2 aliphatic rings. The topological polar surface area (TPSA) is 63.3 Å². The van der Waals surface area contributed by atoms with Gasteiger partial charge in [-0.3, -0.25) is 0 Å². The molecule has 2 aliphatic carbocycles. The van der Waals surface area contributed by atoms with Crippen molar-refractivity contribution in [1.82, 2.24) is 0 Å². The number of nitrogens with two attached hydrogens (primary N) is 1. The van der Waals surface area contributed by atoms with Gasteiger partial charge in [0.15, 0.2) is 0 Å². The molecule has 0 spiro atoms. The molecule has 0 saturated heterocycles. The highest BCUT2D eigenvalue weighted by atomic mass is 16.4. The van der Waals surface area contributed by atoms with Crippen molar-refractivity contribution < 1.29 is 9.90 Å². The Bertz CT molecular complexity index is 317. The third-order valence-electron chi connectivity index (χ3n) is 2.96. The van der Waals surface area contributed by atoms with Crippen molar-refractivity contribution in [2.45, 2.75) is 31.2 Å². The zero-order chi connectivity index (χ0) is 9.47. The Hall–Kier alpha value is -1.09. The smallest absolute Gasteiger partial charge is 0.328 e. The number of allylic oxidation sites excluding steroid dienone is 2. The fourth-order valence-corrected chi connectivity index (χ4v) is 2.14. The van der Waals surface area contributed by atoms with Crippen LogP contribution in [0, 0.1) is 0 Å². The Morgan fingerprint density at radius 3 is 3.00 bits per heavy atom. The Labute approximate surface area is 76.9 Å². The first-order chi connectivity index (χ1) is 6.14. The van der Waals surface area contributed by atoms with Gasteiger partial charge in [0, 0.05) is 0 Å². The SMILES string of the molecule is NC1(C(=O)O)CCC2=C1C=CCC2. The van der Waals surface area contributed by atoms with Crippen LogP contribution in [-0.4, -0.2) is 16.6 Å². The molecule has 0 aromatic carbocycles. The fourth-order valence-electron chi connectivity index (χ4n) is 2.14. The van der Waals surface area contributed by atoms with Gasteiger partial charge in [-0.2, -0.15) is 0 Å². The molecule has 0 saturated carbocycles. The lowest BCUT2D eigenvalue weighted by Crippen LogP contribution is -2.47. The van der Waals surface area contributed by atoms with Crippen LogP contribution in [0.2, 0.25) is 0 Å². The second kappa shape index (κ2) is 2.70. The molecule has 0 radical (unpaired) electrons. The number of rotatable bonds is 1. The maximum atomic E-state index is 11.0. The van der Waals surface area contributed by atoms with Crippen molar-refractivity contribution >= 4 is 5.97 Å². The lowest BCUT2D eigenvalue weighted by Gasteiger charge is -2.22. The van der Waals surface area contributed by atoms with E-state index in [2.05, 4.69) is 0 Å². The van der Waals surface area contributed by atoms with E-state index < -0.39 is 11.5 Å². The molecule has 3 heteroatoms. The minimum Gasteiger partial charge on any atom is -0.480 e. The van der Waals surface area contributed by atoms with Crippen molar-refractivity contribution in [3.8, 4) is 0 Å². The lowest BCUT2D eigenvalue weighted by molar-refractivity contribution is -0.141. The third kappa shape index (κ3) is 1.11. The Balaban J connectivity index is 2.41. The van der Waals surface area contributed by atoms with Gasteiger partial charge in [-0.15, -0.1) is 0 Å². The molecule has 0 amide bonds. The Morgan fingerprint density at radius 2 is 2.31 bits per heavy atom. The van der Waals surface area contributed by atoms with Gasteiger partial charge in [0.1, 0.15) is 5.54 Å². The second-order valence-electron chi connectivity index (χ2n) is 3.73. The van der Waals surface area contributed by atoms with Crippen LogP contribution < -0.4 is 5.73 Å². The van der Waals surface area contributed by atoms with Crippen LogP contribution in [-0.2, 0) is 4.79 Å². The van der Waals surface area contributed by atoms with E-state index in [9.17, 15) is 4.79 Å². The van der Waals surface area contributed by atoms with E-state index in [-0.39, 0.29) is 0 Å². The van der Waals surface area contributed by atoms with Crippen LogP contribution in [0.15, 0.2) is 23.3 Å². The summed E-state index contributed by atoms with van der Waals surface area (Å²) in [6.45, 7) is 0. The number of carboxylic acids is 1. The lowest BCUT2D eigenvalue weighted by atomic mass is 9.89. The predicted octanol–water partition coefficient (Wildman–Crippen LogP) is 1.21. The zero-order valence-electron chi connectivity index (χ0n) is 7.42. The minimum atomic E-state index is -1.10. The van der Waals surface area contributed by atoms with Crippen molar-refractivity contribution in [2.75, 3.05) is 0 Å². The summed E-state index contributed by atoms with van der Waals surface area (Å²) in [6, 6.07) is 0. The largest absolute Gasteiger partial charge is 0.480 e. The molecule has 0 aromatic rings. The van der Waals surface area contributed by atoms with Gasteiger partial charge in [-0.1, -0.05) is 17.7 Å². The Morgan fingerprint density at radius 1 is 1.54 bits per heavy atom. The highest BCUT2D eigenvalue weighted by molar-refractivity contribution is 5.85. The van der Waals surface area contributed by atoms with Crippen LogP contribution >= 0.6 is 0 Å². The highest BCUT2D eigenvalue weighted by Crippen LogP contribution is 2.39. The normalized spacial score (nSPS) is 32.1. The van der Waals surface area contributed by atoms with Crippen LogP contribution in [0.1, 0.15) is 25.7 Å².